The first-order valence-corrected chi connectivity index (χ1v) is 7.69. The minimum atomic E-state index is -0.196. The molecule has 2 amide bonds. The summed E-state index contributed by atoms with van der Waals surface area (Å²) < 4.78 is 0. The summed E-state index contributed by atoms with van der Waals surface area (Å²) in [6.45, 7) is 7.77. The van der Waals surface area contributed by atoms with Crippen molar-refractivity contribution in [3.05, 3.63) is 0 Å². The Morgan fingerprint density at radius 1 is 1.25 bits per heavy atom. The van der Waals surface area contributed by atoms with Crippen molar-refractivity contribution in [3.63, 3.8) is 0 Å². The number of likely N-dealkylation sites (N-methyl/N-ethyl adjacent to an activating group) is 1. The first kappa shape index (κ1) is 17.2. The SMILES string of the molecule is CN(CCNC(=O)NC(C)(C)C)C1CCC(CO)CC1. The lowest BCUT2D eigenvalue weighted by atomic mass is 9.86. The van der Waals surface area contributed by atoms with Crippen molar-refractivity contribution in [2.75, 3.05) is 26.7 Å². The number of nitrogens with zero attached hydrogens (tertiary/aromatic N) is 1. The molecule has 0 bridgehead atoms. The van der Waals surface area contributed by atoms with E-state index in [1.165, 1.54) is 0 Å². The first-order valence-electron chi connectivity index (χ1n) is 7.69. The molecule has 0 aromatic heterocycles. The summed E-state index contributed by atoms with van der Waals surface area (Å²) in [5, 5.41) is 14.9. The van der Waals surface area contributed by atoms with E-state index < -0.39 is 0 Å². The van der Waals surface area contributed by atoms with E-state index in [1.807, 2.05) is 20.8 Å². The van der Waals surface area contributed by atoms with E-state index in [1.54, 1.807) is 0 Å². The van der Waals surface area contributed by atoms with Gasteiger partial charge >= 0.3 is 6.03 Å². The number of rotatable bonds is 5. The van der Waals surface area contributed by atoms with Gasteiger partial charge in [0.1, 0.15) is 0 Å². The lowest BCUT2D eigenvalue weighted by Crippen LogP contribution is -2.48. The molecule has 0 saturated heterocycles. The molecule has 5 heteroatoms. The van der Waals surface area contributed by atoms with Crippen LogP contribution in [0.1, 0.15) is 46.5 Å². The predicted molar refractivity (Wildman–Crippen MR) is 81.7 cm³/mol. The molecule has 0 aliphatic heterocycles. The van der Waals surface area contributed by atoms with E-state index in [4.69, 9.17) is 5.11 Å². The van der Waals surface area contributed by atoms with Crippen LogP contribution in [0.15, 0.2) is 0 Å². The monoisotopic (exact) mass is 285 g/mol. The summed E-state index contributed by atoms with van der Waals surface area (Å²) in [5.74, 6) is 0.496. The van der Waals surface area contributed by atoms with Gasteiger partial charge < -0.3 is 20.6 Å². The Kier molecular flexibility index (Phi) is 6.76. The Bertz CT molecular complexity index is 294. The first-order chi connectivity index (χ1) is 9.31. The highest BCUT2D eigenvalue weighted by molar-refractivity contribution is 5.74. The smallest absolute Gasteiger partial charge is 0.315 e. The number of aliphatic hydroxyl groups is 1. The summed E-state index contributed by atoms with van der Waals surface area (Å²) in [6.07, 6.45) is 4.53. The molecule has 1 fully saturated rings. The average molecular weight is 285 g/mol. The lowest BCUT2D eigenvalue weighted by Gasteiger charge is -2.34. The molecule has 0 aromatic rings. The van der Waals surface area contributed by atoms with E-state index in [0.717, 1.165) is 32.2 Å². The molecule has 0 radical (unpaired) electrons. The number of amides is 2. The second kappa shape index (κ2) is 7.84. The summed E-state index contributed by atoms with van der Waals surface area (Å²) in [7, 11) is 2.12. The van der Waals surface area contributed by atoms with Crippen LogP contribution in [0.25, 0.3) is 0 Å². The quantitative estimate of drug-likeness (QED) is 0.718. The van der Waals surface area contributed by atoms with Crippen LogP contribution >= 0.6 is 0 Å². The second-order valence-corrected chi connectivity index (χ2v) is 6.97. The zero-order valence-electron chi connectivity index (χ0n) is 13.4. The average Bonchev–Trinajstić information content (AvgIpc) is 2.36. The fourth-order valence-corrected chi connectivity index (χ4v) is 2.68. The molecule has 0 atom stereocenters. The highest BCUT2D eigenvalue weighted by Gasteiger charge is 2.23. The Balaban J connectivity index is 2.17. The Morgan fingerprint density at radius 3 is 2.35 bits per heavy atom. The van der Waals surface area contributed by atoms with Crippen molar-refractivity contribution in [1.82, 2.24) is 15.5 Å². The molecule has 20 heavy (non-hydrogen) atoms. The molecule has 1 rings (SSSR count). The van der Waals surface area contributed by atoms with Gasteiger partial charge in [0.15, 0.2) is 0 Å². The molecule has 3 N–H and O–H groups in total. The van der Waals surface area contributed by atoms with Crippen LogP contribution in [0.5, 0.6) is 0 Å². The van der Waals surface area contributed by atoms with Gasteiger partial charge in [0.2, 0.25) is 0 Å². The Hall–Kier alpha value is -0.810. The maximum absolute atomic E-state index is 11.6. The predicted octanol–water partition coefficient (Wildman–Crippen LogP) is 1.57. The molecular weight excluding hydrogens is 254 g/mol. The number of nitrogens with one attached hydrogen (secondary N) is 2. The minimum absolute atomic E-state index is 0.102. The zero-order valence-corrected chi connectivity index (χ0v) is 13.4. The maximum atomic E-state index is 11.6. The van der Waals surface area contributed by atoms with Crippen LogP contribution in [-0.2, 0) is 0 Å². The van der Waals surface area contributed by atoms with Crippen LogP contribution < -0.4 is 10.6 Å². The van der Waals surface area contributed by atoms with Gasteiger partial charge in [-0.1, -0.05) is 0 Å². The summed E-state index contributed by atoms with van der Waals surface area (Å²) >= 11 is 0. The number of aliphatic hydroxyl groups excluding tert-OH is 1. The minimum Gasteiger partial charge on any atom is -0.396 e. The fourth-order valence-electron chi connectivity index (χ4n) is 2.68. The van der Waals surface area contributed by atoms with Gasteiger partial charge in [0.05, 0.1) is 0 Å². The molecule has 1 saturated carbocycles. The van der Waals surface area contributed by atoms with E-state index >= 15 is 0 Å². The largest absolute Gasteiger partial charge is 0.396 e. The van der Waals surface area contributed by atoms with Crippen molar-refractivity contribution in [2.45, 2.75) is 58.0 Å². The molecule has 1 aliphatic carbocycles. The molecule has 0 aromatic carbocycles. The Labute approximate surface area is 123 Å². The van der Waals surface area contributed by atoms with Gasteiger partial charge in [0.25, 0.3) is 0 Å². The third-order valence-corrected chi connectivity index (χ3v) is 3.94. The number of hydrogen-bond acceptors (Lipinski definition) is 3. The highest BCUT2D eigenvalue weighted by atomic mass is 16.3. The van der Waals surface area contributed by atoms with Crippen molar-refractivity contribution in [2.24, 2.45) is 5.92 Å². The van der Waals surface area contributed by atoms with Crippen molar-refractivity contribution < 1.29 is 9.90 Å². The summed E-state index contributed by atoms with van der Waals surface area (Å²) in [5.41, 5.74) is -0.196. The van der Waals surface area contributed by atoms with Crippen molar-refractivity contribution in [3.8, 4) is 0 Å². The normalized spacial score (nSPS) is 23.7. The van der Waals surface area contributed by atoms with Gasteiger partial charge in [-0.2, -0.15) is 0 Å². The van der Waals surface area contributed by atoms with Crippen LogP contribution in [0.4, 0.5) is 4.79 Å². The number of carbonyl (C=O) groups excluding carboxylic acids is 1. The van der Waals surface area contributed by atoms with Crippen LogP contribution in [0.2, 0.25) is 0 Å². The molecular formula is C15H31N3O2. The van der Waals surface area contributed by atoms with Gasteiger partial charge in [-0.3, -0.25) is 0 Å². The standard InChI is InChI=1S/C15H31N3O2/c1-15(2,3)17-14(20)16-9-10-18(4)13-7-5-12(11-19)6-8-13/h12-13,19H,5-11H2,1-4H3,(H2,16,17,20). The number of hydrogen-bond donors (Lipinski definition) is 3. The lowest BCUT2D eigenvalue weighted by molar-refractivity contribution is 0.128. The highest BCUT2D eigenvalue weighted by Crippen LogP contribution is 2.26. The van der Waals surface area contributed by atoms with E-state index in [2.05, 4.69) is 22.6 Å². The third-order valence-electron chi connectivity index (χ3n) is 3.94. The molecule has 5 nitrogen and oxygen atoms in total. The van der Waals surface area contributed by atoms with Gasteiger partial charge in [-0.15, -0.1) is 0 Å². The molecule has 118 valence electrons. The molecule has 0 heterocycles. The van der Waals surface area contributed by atoms with E-state index in [-0.39, 0.29) is 11.6 Å². The van der Waals surface area contributed by atoms with Crippen LogP contribution in [0.3, 0.4) is 0 Å². The topological polar surface area (TPSA) is 64.6 Å². The number of carbonyl (C=O) groups is 1. The second-order valence-electron chi connectivity index (χ2n) is 6.97. The summed E-state index contributed by atoms with van der Waals surface area (Å²) in [6, 6.07) is 0.486. The zero-order chi connectivity index (χ0) is 15.2. The van der Waals surface area contributed by atoms with E-state index in [9.17, 15) is 4.79 Å². The van der Waals surface area contributed by atoms with Crippen LogP contribution in [-0.4, -0.2) is 54.4 Å². The van der Waals surface area contributed by atoms with E-state index in [0.29, 0.717) is 25.1 Å². The summed E-state index contributed by atoms with van der Waals surface area (Å²) in [4.78, 5) is 14.0. The molecule has 0 spiro atoms. The molecule has 1 aliphatic rings. The van der Waals surface area contributed by atoms with Crippen molar-refractivity contribution >= 4 is 6.03 Å². The van der Waals surface area contributed by atoms with Gasteiger partial charge in [0, 0.05) is 31.3 Å². The van der Waals surface area contributed by atoms with Gasteiger partial charge in [-0.25, -0.2) is 4.79 Å². The third kappa shape index (κ3) is 6.57. The Morgan fingerprint density at radius 2 is 1.85 bits per heavy atom. The van der Waals surface area contributed by atoms with Gasteiger partial charge in [-0.05, 0) is 59.4 Å². The maximum Gasteiger partial charge on any atom is 0.315 e. The molecule has 0 unspecified atom stereocenters. The van der Waals surface area contributed by atoms with Crippen LogP contribution in [0, 0.1) is 5.92 Å². The van der Waals surface area contributed by atoms with Crippen molar-refractivity contribution in [1.29, 1.82) is 0 Å². The number of urea groups is 1. The fraction of sp³-hybridized carbons (Fsp3) is 0.933.